The van der Waals surface area contributed by atoms with Gasteiger partial charge in [0.2, 0.25) is 15.9 Å². The highest BCUT2D eigenvalue weighted by Gasteiger charge is 2.28. The van der Waals surface area contributed by atoms with Gasteiger partial charge in [0.15, 0.2) is 0 Å². The fourth-order valence-corrected chi connectivity index (χ4v) is 5.65. The van der Waals surface area contributed by atoms with Gasteiger partial charge in [-0.05, 0) is 79.8 Å². The summed E-state index contributed by atoms with van der Waals surface area (Å²) in [6.07, 6.45) is 0. The maximum absolute atomic E-state index is 13.4. The minimum Gasteiger partial charge on any atom is -0.348 e. The van der Waals surface area contributed by atoms with Crippen LogP contribution in [0.2, 0.25) is 10.0 Å². The van der Waals surface area contributed by atoms with E-state index in [1.165, 1.54) is 17.7 Å². The Labute approximate surface area is 211 Å². The molecule has 1 unspecified atom stereocenters. The van der Waals surface area contributed by atoms with Crippen LogP contribution in [0, 0.1) is 20.8 Å². The third-order valence-corrected chi connectivity index (χ3v) is 8.18. The average molecular weight is 519 g/mol. The minimum absolute atomic E-state index is 0.0717. The Balaban J connectivity index is 1.87. The molecular weight excluding hydrogens is 491 g/mol. The maximum atomic E-state index is 13.4. The molecule has 1 amide bonds. The van der Waals surface area contributed by atoms with Crippen molar-refractivity contribution in [2.45, 2.75) is 45.2 Å². The van der Waals surface area contributed by atoms with Crippen molar-refractivity contribution in [3.8, 4) is 0 Å². The van der Waals surface area contributed by atoms with Crippen molar-refractivity contribution in [3.05, 3.63) is 98.5 Å². The number of halogens is 2. The summed E-state index contributed by atoms with van der Waals surface area (Å²) in [4.78, 5) is 13.1. The topological polar surface area (TPSA) is 66.5 Å². The molecular formula is C26H28Cl2N2O3S. The Kier molecular flexibility index (Phi) is 8.42. The first-order valence-corrected chi connectivity index (χ1v) is 13.0. The SMILES string of the molecule is Cc1cc(C)c(C(C)NC(=O)CN(Cc2ccc(Cl)cc2Cl)S(=O)(=O)c2ccccc2)cc1C. The largest absolute Gasteiger partial charge is 0.348 e. The van der Waals surface area contributed by atoms with E-state index >= 15 is 0 Å². The normalized spacial score (nSPS) is 12.6. The van der Waals surface area contributed by atoms with Crippen molar-refractivity contribution in [1.29, 1.82) is 0 Å². The van der Waals surface area contributed by atoms with Crippen LogP contribution < -0.4 is 5.32 Å². The zero-order valence-electron chi connectivity index (χ0n) is 19.6. The summed E-state index contributed by atoms with van der Waals surface area (Å²) in [6, 6.07) is 16.7. The molecule has 0 aliphatic rings. The van der Waals surface area contributed by atoms with Crippen LogP contribution in [0.25, 0.3) is 0 Å². The molecule has 0 heterocycles. The Morgan fingerprint density at radius 1 is 0.941 bits per heavy atom. The molecule has 5 nitrogen and oxygen atoms in total. The van der Waals surface area contributed by atoms with Gasteiger partial charge < -0.3 is 5.32 Å². The summed E-state index contributed by atoms with van der Waals surface area (Å²) in [6.45, 7) is 7.53. The molecule has 0 aliphatic carbocycles. The Morgan fingerprint density at radius 3 is 2.24 bits per heavy atom. The van der Waals surface area contributed by atoms with Gasteiger partial charge in [0.1, 0.15) is 0 Å². The molecule has 0 saturated carbocycles. The lowest BCUT2D eigenvalue weighted by molar-refractivity contribution is -0.122. The first kappa shape index (κ1) is 26.2. The van der Waals surface area contributed by atoms with E-state index in [4.69, 9.17) is 23.2 Å². The third kappa shape index (κ3) is 6.19. The summed E-state index contributed by atoms with van der Waals surface area (Å²) >= 11 is 12.3. The molecule has 1 atom stereocenters. The maximum Gasteiger partial charge on any atom is 0.243 e. The van der Waals surface area contributed by atoms with Crippen molar-refractivity contribution in [2.24, 2.45) is 0 Å². The van der Waals surface area contributed by atoms with E-state index in [0.717, 1.165) is 21.0 Å². The van der Waals surface area contributed by atoms with Crippen molar-refractivity contribution >= 4 is 39.1 Å². The third-order valence-electron chi connectivity index (χ3n) is 5.79. The quantitative estimate of drug-likeness (QED) is 0.398. The minimum atomic E-state index is -3.96. The lowest BCUT2D eigenvalue weighted by atomic mass is 9.96. The summed E-state index contributed by atoms with van der Waals surface area (Å²) in [7, 11) is -3.96. The molecule has 0 fully saturated rings. The molecule has 0 aromatic heterocycles. The van der Waals surface area contributed by atoms with E-state index in [-0.39, 0.29) is 24.0 Å². The van der Waals surface area contributed by atoms with Crippen LogP contribution >= 0.6 is 23.2 Å². The second-order valence-electron chi connectivity index (χ2n) is 8.40. The summed E-state index contributed by atoms with van der Waals surface area (Å²) < 4.78 is 28.0. The second-order valence-corrected chi connectivity index (χ2v) is 11.2. The van der Waals surface area contributed by atoms with Crippen molar-refractivity contribution in [3.63, 3.8) is 0 Å². The van der Waals surface area contributed by atoms with Gasteiger partial charge in [-0.15, -0.1) is 0 Å². The molecule has 0 spiro atoms. The second kappa shape index (κ2) is 10.9. The highest BCUT2D eigenvalue weighted by molar-refractivity contribution is 7.89. The average Bonchev–Trinajstić information content (AvgIpc) is 2.77. The zero-order chi connectivity index (χ0) is 25.0. The van der Waals surface area contributed by atoms with Crippen LogP contribution in [0.1, 0.15) is 40.8 Å². The van der Waals surface area contributed by atoms with E-state index in [1.807, 2.05) is 27.7 Å². The smallest absolute Gasteiger partial charge is 0.243 e. The lowest BCUT2D eigenvalue weighted by Crippen LogP contribution is -2.41. The number of hydrogen-bond donors (Lipinski definition) is 1. The molecule has 8 heteroatoms. The Morgan fingerprint density at radius 2 is 1.59 bits per heavy atom. The summed E-state index contributed by atoms with van der Waals surface area (Å²) in [5.41, 5.74) is 4.93. The molecule has 180 valence electrons. The number of nitrogens with one attached hydrogen (secondary N) is 1. The van der Waals surface area contributed by atoms with Crippen LogP contribution in [-0.2, 0) is 21.4 Å². The number of sulfonamides is 1. The fourth-order valence-electron chi connectivity index (χ4n) is 3.78. The van der Waals surface area contributed by atoms with E-state index in [9.17, 15) is 13.2 Å². The molecule has 0 saturated heterocycles. The van der Waals surface area contributed by atoms with E-state index in [1.54, 1.807) is 36.4 Å². The zero-order valence-corrected chi connectivity index (χ0v) is 21.9. The lowest BCUT2D eigenvalue weighted by Gasteiger charge is -2.24. The summed E-state index contributed by atoms with van der Waals surface area (Å²) in [5.74, 6) is -0.408. The number of nitrogens with zero attached hydrogens (tertiary/aromatic N) is 1. The number of aryl methyl sites for hydroxylation is 3. The van der Waals surface area contributed by atoms with Gasteiger partial charge in [-0.25, -0.2) is 8.42 Å². The first-order valence-electron chi connectivity index (χ1n) is 10.8. The van der Waals surface area contributed by atoms with Gasteiger partial charge in [0.25, 0.3) is 0 Å². The number of rotatable bonds is 8. The molecule has 34 heavy (non-hydrogen) atoms. The molecule has 3 rings (SSSR count). The van der Waals surface area contributed by atoms with Gasteiger partial charge in [-0.1, -0.05) is 59.6 Å². The molecule has 3 aromatic carbocycles. The summed E-state index contributed by atoms with van der Waals surface area (Å²) in [5, 5.41) is 3.73. The fraction of sp³-hybridized carbons (Fsp3) is 0.269. The van der Waals surface area contributed by atoms with E-state index in [2.05, 4.69) is 17.4 Å². The monoisotopic (exact) mass is 518 g/mol. The van der Waals surface area contributed by atoms with Crippen LogP contribution in [0.5, 0.6) is 0 Å². The highest BCUT2D eigenvalue weighted by Crippen LogP contribution is 2.26. The van der Waals surface area contributed by atoms with Crippen molar-refractivity contribution in [1.82, 2.24) is 9.62 Å². The number of amides is 1. The van der Waals surface area contributed by atoms with E-state index in [0.29, 0.717) is 15.6 Å². The predicted octanol–water partition coefficient (Wildman–Crippen LogP) is 5.99. The molecule has 1 N–H and O–H groups in total. The Hall–Kier alpha value is -2.38. The number of hydrogen-bond acceptors (Lipinski definition) is 3. The van der Waals surface area contributed by atoms with Crippen LogP contribution in [-0.4, -0.2) is 25.2 Å². The van der Waals surface area contributed by atoms with E-state index < -0.39 is 15.9 Å². The van der Waals surface area contributed by atoms with Gasteiger partial charge in [0, 0.05) is 16.6 Å². The van der Waals surface area contributed by atoms with Gasteiger partial charge in [0.05, 0.1) is 17.5 Å². The number of carbonyl (C=O) groups excluding carboxylic acids is 1. The first-order chi connectivity index (χ1) is 16.0. The van der Waals surface area contributed by atoms with Crippen LogP contribution in [0.15, 0.2) is 65.6 Å². The molecule has 0 bridgehead atoms. The predicted molar refractivity (Wildman–Crippen MR) is 138 cm³/mol. The Bertz CT molecular complexity index is 1290. The van der Waals surface area contributed by atoms with Gasteiger partial charge in [-0.3, -0.25) is 4.79 Å². The van der Waals surface area contributed by atoms with Crippen LogP contribution in [0.3, 0.4) is 0 Å². The van der Waals surface area contributed by atoms with Crippen molar-refractivity contribution in [2.75, 3.05) is 6.54 Å². The number of carbonyl (C=O) groups is 1. The molecule has 3 aromatic rings. The molecule has 0 radical (unpaired) electrons. The number of benzene rings is 3. The highest BCUT2D eigenvalue weighted by atomic mass is 35.5. The van der Waals surface area contributed by atoms with Gasteiger partial charge in [-0.2, -0.15) is 4.31 Å². The van der Waals surface area contributed by atoms with Crippen molar-refractivity contribution < 1.29 is 13.2 Å². The van der Waals surface area contributed by atoms with Gasteiger partial charge >= 0.3 is 0 Å². The molecule has 0 aliphatic heterocycles. The standard InChI is InChI=1S/C26H28Cl2N2O3S/c1-17-12-19(3)24(13-18(17)2)20(4)29-26(31)16-30(15-21-10-11-22(27)14-25(21)28)34(32,33)23-8-6-5-7-9-23/h5-14,20H,15-16H2,1-4H3,(H,29,31). The van der Waals surface area contributed by atoms with Crippen LogP contribution in [0.4, 0.5) is 0 Å².